The summed E-state index contributed by atoms with van der Waals surface area (Å²) in [6.45, 7) is 2.60. The molecule has 8 nitrogen and oxygen atoms in total. The second-order valence-corrected chi connectivity index (χ2v) is 8.93. The topological polar surface area (TPSA) is 93.2 Å². The van der Waals surface area contributed by atoms with Gasteiger partial charge in [-0.15, -0.1) is 0 Å². The number of benzene rings is 2. The van der Waals surface area contributed by atoms with Crippen molar-refractivity contribution < 1.29 is 19.1 Å². The summed E-state index contributed by atoms with van der Waals surface area (Å²) < 4.78 is 18.5. The van der Waals surface area contributed by atoms with E-state index in [4.69, 9.17) is 5.10 Å². The summed E-state index contributed by atoms with van der Waals surface area (Å²) in [5.74, 6) is -1.28. The molecular formula is C25H26FN5O3. The van der Waals surface area contributed by atoms with Gasteiger partial charge in [0, 0.05) is 49.3 Å². The van der Waals surface area contributed by atoms with Crippen LogP contribution in [0.1, 0.15) is 37.8 Å². The Bertz CT molecular complexity index is 1420. The highest BCUT2D eigenvalue weighted by Gasteiger charge is 2.27. The van der Waals surface area contributed by atoms with Gasteiger partial charge < -0.3 is 10.0 Å². The third kappa shape index (κ3) is 3.81. The number of aliphatic carboxylic acids is 1. The predicted molar refractivity (Wildman–Crippen MR) is 126 cm³/mol. The van der Waals surface area contributed by atoms with E-state index in [1.807, 2.05) is 24.1 Å². The van der Waals surface area contributed by atoms with E-state index >= 15 is 4.39 Å². The molecule has 1 aliphatic heterocycles. The van der Waals surface area contributed by atoms with E-state index < -0.39 is 5.97 Å². The number of fused-ring (bicyclic) bond motifs is 2. The van der Waals surface area contributed by atoms with Crippen molar-refractivity contribution in [3.8, 4) is 11.1 Å². The van der Waals surface area contributed by atoms with Gasteiger partial charge in [-0.1, -0.05) is 12.1 Å². The number of likely N-dealkylation sites (tertiary alicyclic amines) is 1. The average Bonchev–Trinajstić information content (AvgIpc) is 3.21. The maximum atomic E-state index is 15.3. The number of hydrogen-bond donors (Lipinski definition) is 1. The van der Waals surface area contributed by atoms with Gasteiger partial charge in [-0.05, 0) is 43.0 Å². The van der Waals surface area contributed by atoms with Crippen LogP contribution in [-0.2, 0) is 23.2 Å². The molecule has 1 N–H and O–H groups in total. The SMILES string of the molecule is CC(=O)N1CCCC(c2nn(CC(=O)O)c3cccc(-c4cc5c(cnn5C)cc4F)c23)CC1. The molecule has 1 saturated heterocycles. The molecule has 0 aliphatic carbocycles. The molecule has 5 rings (SSSR count). The van der Waals surface area contributed by atoms with Crippen LogP contribution in [0.2, 0.25) is 0 Å². The second-order valence-electron chi connectivity index (χ2n) is 8.93. The number of nitrogens with zero attached hydrogens (tertiary/aromatic N) is 5. The minimum atomic E-state index is -0.993. The molecule has 1 unspecified atom stereocenters. The maximum absolute atomic E-state index is 15.3. The minimum Gasteiger partial charge on any atom is -0.480 e. The van der Waals surface area contributed by atoms with Crippen LogP contribution >= 0.6 is 0 Å². The molecule has 1 fully saturated rings. The molecule has 1 amide bonds. The molecule has 176 valence electrons. The van der Waals surface area contributed by atoms with Crippen LogP contribution in [0, 0.1) is 5.82 Å². The molecule has 1 atom stereocenters. The maximum Gasteiger partial charge on any atom is 0.325 e. The zero-order valence-electron chi connectivity index (χ0n) is 19.2. The normalized spacial score (nSPS) is 16.8. The van der Waals surface area contributed by atoms with Crippen LogP contribution in [0.3, 0.4) is 0 Å². The van der Waals surface area contributed by atoms with Gasteiger partial charge in [0.1, 0.15) is 12.4 Å². The largest absolute Gasteiger partial charge is 0.480 e. The Morgan fingerprint density at radius 1 is 1.15 bits per heavy atom. The van der Waals surface area contributed by atoms with Gasteiger partial charge in [0.05, 0.1) is 22.9 Å². The van der Waals surface area contributed by atoms with E-state index in [1.54, 1.807) is 29.9 Å². The predicted octanol–water partition coefficient (Wildman–Crippen LogP) is 3.93. The Balaban J connectivity index is 1.70. The summed E-state index contributed by atoms with van der Waals surface area (Å²) in [7, 11) is 1.81. The number of rotatable bonds is 4. The van der Waals surface area contributed by atoms with Gasteiger partial charge in [0.2, 0.25) is 5.91 Å². The number of carboxylic acids is 1. The Morgan fingerprint density at radius 3 is 2.74 bits per heavy atom. The van der Waals surface area contributed by atoms with E-state index in [0.29, 0.717) is 35.1 Å². The van der Waals surface area contributed by atoms with Gasteiger partial charge in [-0.25, -0.2) is 4.39 Å². The monoisotopic (exact) mass is 463 g/mol. The van der Waals surface area contributed by atoms with Crippen molar-refractivity contribution in [3.05, 3.63) is 48.0 Å². The van der Waals surface area contributed by atoms with Crippen LogP contribution in [0.25, 0.3) is 32.9 Å². The van der Waals surface area contributed by atoms with Gasteiger partial charge in [0.15, 0.2) is 0 Å². The van der Waals surface area contributed by atoms with Crippen molar-refractivity contribution in [2.45, 2.75) is 38.6 Å². The number of amides is 1. The summed E-state index contributed by atoms with van der Waals surface area (Å²) in [5, 5.41) is 19.9. The van der Waals surface area contributed by atoms with E-state index in [9.17, 15) is 14.7 Å². The highest BCUT2D eigenvalue weighted by atomic mass is 19.1. The van der Waals surface area contributed by atoms with Gasteiger partial charge in [-0.2, -0.15) is 10.2 Å². The summed E-state index contributed by atoms with van der Waals surface area (Å²) in [6.07, 6.45) is 4.00. The molecule has 0 radical (unpaired) electrons. The Hall–Kier alpha value is -3.75. The lowest BCUT2D eigenvalue weighted by Gasteiger charge is -2.18. The molecular weight excluding hydrogens is 437 g/mol. The number of carboxylic acid groups (broad SMARTS) is 1. The molecule has 3 heterocycles. The van der Waals surface area contributed by atoms with Crippen LogP contribution in [0.4, 0.5) is 4.39 Å². The van der Waals surface area contributed by atoms with Crippen LogP contribution in [0.5, 0.6) is 0 Å². The molecule has 1 aliphatic rings. The first-order valence-corrected chi connectivity index (χ1v) is 11.4. The molecule has 0 saturated carbocycles. The summed E-state index contributed by atoms with van der Waals surface area (Å²) in [6, 6.07) is 8.76. The van der Waals surface area contributed by atoms with E-state index in [1.165, 1.54) is 10.7 Å². The lowest BCUT2D eigenvalue weighted by atomic mass is 9.90. The number of aryl methyl sites for hydroxylation is 1. The fourth-order valence-corrected chi connectivity index (χ4v) is 5.08. The van der Waals surface area contributed by atoms with Crippen molar-refractivity contribution in [2.75, 3.05) is 13.1 Å². The smallest absolute Gasteiger partial charge is 0.325 e. The van der Waals surface area contributed by atoms with Gasteiger partial charge >= 0.3 is 5.97 Å². The quantitative estimate of drug-likeness (QED) is 0.495. The Kier molecular flexibility index (Phi) is 5.55. The van der Waals surface area contributed by atoms with Crippen LogP contribution < -0.4 is 0 Å². The van der Waals surface area contributed by atoms with Crippen molar-refractivity contribution in [2.24, 2.45) is 7.05 Å². The lowest BCUT2D eigenvalue weighted by Crippen LogP contribution is -2.29. The molecule has 9 heteroatoms. The fourth-order valence-electron chi connectivity index (χ4n) is 5.08. The number of halogens is 1. The lowest BCUT2D eigenvalue weighted by molar-refractivity contribution is -0.137. The van der Waals surface area contributed by atoms with Crippen LogP contribution in [-0.4, -0.2) is 54.5 Å². The Morgan fingerprint density at radius 2 is 1.97 bits per heavy atom. The first-order valence-electron chi connectivity index (χ1n) is 11.4. The van der Waals surface area contributed by atoms with Crippen molar-refractivity contribution in [1.29, 1.82) is 0 Å². The Labute approximate surface area is 195 Å². The molecule has 4 aromatic rings. The standard InChI is InChI=1S/C25H26FN5O3/c1-15(32)30-9-4-5-16(8-10-30)25-24-18(6-3-7-21(24)31(28-25)14-23(33)34)19-12-22-17(11-20(19)26)13-27-29(22)2/h3,6-7,11-13,16H,4-5,8-10,14H2,1-2H3,(H,33,34). The zero-order valence-corrected chi connectivity index (χ0v) is 19.2. The number of hydrogen-bond acceptors (Lipinski definition) is 4. The van der Waals surface area contributed by atoms with Crippen molar-refractivity contribution in [1.82, 2.24) is 24.5 Å². The third-order valence-electron chi connectivity index (χ3n) is 6.78. The molecule has 34 heavy (non-hydrogen) atoms. The number of carbonyl (C=O) groups excluding carboxylic acids is 1. The minimum absolute atomic E-state index is 0.0338. The van der Waals surface area contributed by atoms with Crippen LogP contribution in [0.15, 0.2) is 36.5 Å². The number of aromatic nitrogens is 4. The summed E-state index contributed by atoms with van der Waals surface area (Å²) in [5.41, 5.74) is 3.34. The van der Waals surface area contributed by atoms with E-state index in [0.717, 1.165) is 35.9 Å². The average molecular weight is 464 g/mol. The third-order valence-corrected chi connectivity index (χ3v) is 6.78. The zero-order chi connectivity index (χ0) is 24.0. The molecule has 2 aromatic heterocycles. The van der Waals surface area contributed by atoms with Gasteiger partial charge in [0.25, 0.3) is 0 Å². The molecule has 2 aromatic carbocycles. The van der Waals surface area contributed by atoms with Crippen molar-refractivity contribution in [3.63, 3.8) is 0 Å². The molecule has 0 spiro atoms. The summed E-state index contributed by atoms with van der Waals surface area (Å²) in [4.78, 5) is 25.3. The first-order chi connectivity index (χ1) is 16.3. The fraction of sp³-hybridized carbons (Fsp3) is 0.360. The van der Waals surface area contributed by atoms with Crippen molar-refractivity contribution >= 4 is 33.7 Å². The highest BCUT2D eigenvalue weighted by Crippen LogP contribution is 2.39. The van der Waals surface area contributed by atoms with E-state index in [-0.39, 0.29) is 24.2 Å². The highest BCUT2D eigenvalue weighted by molar-refractivity contribution is 5.99. The van der Waals surface area contributed by atoms with E-state index in [2.05, 4.69) is 5.10 Å². The second kappa shape index (κ2) is 8.55. The van der Waals surface area contributed by atoms with Gasteiger partial charge in [-0.3, -0.25) is 19.0 Å². The number of carbonyl (C=O) groups is 2. The first kappa shape index (κ1) is 22.1. The molecule has 0 bridgehead atoms. The summed E-state index contributed by atoms with van der Waals surface area (Å²) >= 11 is 0.